The molecule has 0 saturated heterocycles. The summed E-state index contributed by atoms with van der Waals surface area (Å²) in [6, 6.07) is 1.61. The fourth-order valence-electron chi connectivity index (χ4n) is 1.26. The van der Waals surface area contributed by atoms with Crippen molar-refractivity contribution in [3.05, 3.63) is 22.4 Å². The molecule has 0 spiro atoms. The summed E-state index contributed by atoms with van der Waals surface area (Å²) in [5.74, 6) is -0.281. The smallest absolute Gasteiger partial charge is 0.313 e. The van der Waals surface area contributed by atoms with Gasteiger partial charge < -0.3 is 10.5 Å². The van der Waals surface area contributed by atoms with Crippen molar-refractivity contribution in [1.82, 2.24) is 0 Å². The van der Waals surface area contributed by atoms with Crippen LogP contribution in [0.5, 0.6) is 0 Å². The molecule has 1 rings (SSSR count). The standard InChI is InChI=1S/C10H15NO2S/c1-10(2,9(12)13-3)8(11)7-4-5-14-6-7/h4-6,8H,11H2,1-3H3/t8-/m0/s1. The van der Waals surface area contributed by atoms with Crippen LogP contribution in [0.4, 0.5) is 0 Å². The Morgan fingerprint density at radius 2 is 2.29 bits per heavy atom. The lowest BCUT2D eigenvalue weighted by Crippen LogP contribution is -2.37. The molecule has 1 aromatic heterocycles. The van der Waals surface area contributed by atoms with Crippen LogP contribution in [-0.2, 0) is 9.53 Å². The van der Waals surface area contributed by atoms with Crippen molar-refractivity contribution in [1.29, 1.82) is 0 Å². The molecule has 4 heteroatoms. The first-order valence-corrected chi connectivity index (χ1v) is 5.30. The largest absolute Gasteiger partial charge is 0.469 e. The zero-order chi connectivity index (χ0) is 10.8. The minimum absolute atomic E-state index is 0.281. The van der Waals surface area contributed by atoms with Crippen LogP contribution >= 0.6 is 11.3 Å². The average molecular weight is 213 g/mol. The molecule has 0 saturated carbocycles. The number of esters is 1. The van der Waals surface area contributed by atoms with Gasteiger partial charge in [0.05, 0.1) is 12.5 Å². The van der Waals surface area contributed by atoms with Crippen LogP contribution in [0.3, 0.4) is 0 Å². The topological polar surface area (TPSA) is 52.3 Å². The SMILES string of the molecule is COC(=O)C(C)(C)[C@@H](N)c1ccsc1. The number of nitrogens with two attached hydrogens (primary N) is 1. The molecule has 0 unspecified atom stereocenters. The lowest BCUT2D eigenvalue weighted by Gasteiger charge is -2.28. The number of hydrogen-bond acceptors (Lipinski definition) is 4. The van der Waals surface area contributed by atoms with Gasteiger partial charge in [0, 0.05) is 6.04 Å². The Bertz CT molecular complexity index is 306. The van der Waals surface area contributed by atoms with E-state index in [1.54, 1.807) is 25.2 Å². The van der Waals surface area contributed by atoms with Gasteiger partial charge in [-0.05, 0) is 36.2 Å². The summed E-state index contributed by atoms with van der Waals surface area (Å²) >= 11 is 1.57. The highest BCUT2D eigenvalue weighted by atomic mass is 32.1. The summed E-state index contributed by atoms with van der Waals surface area (Å²) in [6.45, 7) is 3.59. The summed E-state index contributed by atoms with van der Waals surface area (Å²) in [7, 11) is 1.38. The first-order valence-electron chi connectivity index (χ1n) is 4.36. The second-order valence-electron chi connectivity index (χ2n) is 3.75. The van der Waals surface area contributed by atoms with E-state index >= 15 is 0 Å². The average Bonchev–Trinajstić information content (AvgIpc) is 2.67. The first-order chi connectivity index (χ1) is 6.50. The predicted octanol–water partition coefficient (Wildman–Crippen LogP) is 1.95. The highest BCUT2D eigenvalue weighted by Gasteiger charge is 2.36. The van der Waals surface area contributed by atoms with Crippen LogP contribution in [-0.4, -0.2) is 13.1 Å². The molecule has 0 aromatic carbocycles. The van der Waals surface area contributed by atoms with Crippen molar-refractivity contribution in [2.75, 3.05) is 7.11 Å². The van der Waals surface area contributed by atoms with Crippen LogP contribution in [0, 0.1) is 5.41 Å². The first kappa shape index (κ1) is 11.2. The summed E-state index contributed by atoms with van der Waals surface area (Å²) in [5.41, 5.74) is 6.29. The maximum absolute atomic E-state index is 11.5. The molecule has 2 N–H and O–H groups in total. The van der Waals surface area contributed by atoms with Gasteiger partial charge in [-0.25, -0.2) is 0 Å². The van der Waals surface area contributed by atoms with Crippen LogP contribution in [0.25, 0.3) is 0 Å². The Morgan fingerprint density at radius 3 is 2.71 bits per heavy atom. The molecule has 14 heavy (non-hydrogen) atoms. The van der Waals surface area contributed by atoms with Crippen molar-refractivity contribution in [2.24, 2.45) is 11.1 Å². The molecule has 1 aromatic rings. The number of rotatable bonds is 3. The third-order valence-corrected chi connectivity index (χ3v) is 3.09. The van der Waals surface area contributed by atoms with Gasteiger partial charge in [-0.15, -0.1) is 0 Å². The molecular weight excluding hydrogens is 198 g/mol. The van der Waals surface area contributed by atoms with Crippen LogP contribution in [0.2, 0.25) is 0 Å². The van der Waals surface area contributed by atoms with E-state index in [4.69, 9.17) is 10.5 Å². The van der Waals surface area contributed by atoms with Gasteiger partial charge in [-0.1, -0.05) is 0 Å². The van der Waals surface area contributed by atoms with Gasteiger partial charge in [0.2, 0.25) is 0 Å². The summed E-state index contributed by atoms with van der Waals surface area (Å²) < 4.78 is 4.72. The number of ether oxygens (including phenoxy) is 1. The molecule has 0 radical (unpaired) electrons. The molecule has 3 nitrogen and oxygen atoms in total. The quantitative estimate of drug-likeness (QED) is 0.781. The second kappa shape index (κ2) is 4.11. The molecule has 1 atom stereocenters. The fraction of sp³-hybridized carbons (Fsp3) is 0.500. The summed E-state index contributed by atoms with van der Waals surface area (Å²) in [5, 5.41) is 3.90. The highest BCUT2D eigenvalue weighted by Crippen LogP contribution is 2.33. The minimum atomic E-state index is -0.685. The van der Waals surface area contributed by atoms with Gasteiger partial charge in [0.25, 0.3) is 0 Å². The fourth-order valence-corrected chi connectivity index (χ4v) is 1.96. The van der Waals surface area contributed by atoms with E-state index in [0.29, 0.717) is 0 Å². The Labute approximate surface area is 87.9 Å². The predicted molar refractivity (Wildman–Crippen MR) is 57.0 cm³/mol. The Morgan fingerprint density at radius 1 is 1.64 bits per heavy atom. The van der Waals surface area contributed by atoms with E-state index in [1.165, 1.54) is 7.11 Å². The third kappa shape index (κ3) is 1.96. The normalized spacial score (nSPS) is 13.7. The molecule has 0 aliphatic carbocycles. The number of carbonyl (C=O) groups excluding carboxylic acids is 1. The van der Waals surface area contributed by atoms with E-state index in [1.807, 2.05) is 16.8 Å². The van der Waals surface area contributed by atoms with E-state index in [-0.39, 0.29) is 12.0 Å². The van der Waals surface area contributed by atoms with Crippen molar-refractivity contribution in [2.45, 2.75) is 19.9 Å². The molecule has 0 bridgehead atoms. The third-order valence-electron chi connectivity index (χ3n) is 2.39. The lowest BCUT2D eigenvalue weighted by molar-refractivity contribution is -0.152. The molecule has 78 valence electrons. The van der Waals surface area contributed by atoms with Crippen LogP contribution < -0.4 is 5.73 Å². The van der Waals surface area contributed by atoms with Gasteiger partial charge in [0.15, 0.2) is 0 Å². The number of methoxy groups -OCH3 is 1. The Hall–Kier alpha value is -0.870. The van der Waals surface area contributed by atoms with Gasteiger partial charge in [-0.2, -0.15) is 11.3 Å². The number of thiophene rings is 1. The van der Waals surface area contributed by atoms with Crippen LogP contribution in [0.1, 0.15) is 25.5 Å². The Balaban J connectivity index is 2.88. The van der Waals surface area contributed by atoms with Gasteiger partial charge in [-0.3, -0.25) is 4.79 Å². The maximum atomic E-state index is 11.5. The molecular formula is C10H15NO2S. The minimum Gasteiger partial charge on any atom is -0.469 e. The lowest BCUT2D eigenvalue weighted by atomic mass is 9.82. The van der Waals surface area contributed by atoms with E-state index in [2.05, 4.69) is 0 Å². The molecule has 0 fully saturated rings. The molecule has 1 heterocycles. The summed E-state index contributed by atoms with van der Waals surface area (Å²) in [6.07, 6.45) is 0. The number of hydrogen-bond donors (Lipinski definition) is 1. The van der Waals surface area contributed by atoms with Crippen molar-refractivity contribution >= 4 is 17.3 Å². The van der Waals surface area contributed by atoms with Crippen molar-refractivity contribution in [3.63, 3.8) is 0 Å². The molecule has 0 aliphatic rings. The van der Waals surface area contributed by atoms with Gasteiger partial charge >= 0.3 is 5.97 Å². The molecule has 0 amide bonds. The van der Waals surface area contributed by atoms with E-state index < -0.39 is 5.41 Å². The number of carbonyl (C=O) groups is 1. The zero-order valence-electron chi connectivity index (χ0n) is 8.61. The zero-order valence-corrected chi connectivity index (χ0v) is 9.43. The monoisotopic (exact) mass is 213 g/mol. The van der Waals surface area contributed by atoms with Gasteiger partial charge in [0.1, 0.15) is 0 Å². The van der Waals surface area contributed by atoms with Crippen LogP contribution in [0.15, 0.2) is 16.8 Å². The van der Waals surface area contributed by atoms with Crippen molar-refractivity contribution in [3.8, 4) is 0 Å². The van der Waals surface area contributed by atoms with E-state index in [9.17, 15) is 4.79 Å². The highest BCUT2D eigenvalue weighted by molar-refractivity contribution is 7.07. The Kier molecular flexibility index (Phi) is 3.29. The second-order valence-corrected chi connectivity index (χ2v) is 4.53. The van der Waals surface area contributed by atoms with E-state index in [0.717, 1.165) is 5.56 Å². The van der Waals surface area contributed by atoms with Crippen molar-refractivity contribution < 1.29 is 9.53 Å². The summed E-state index contributed by atoms with van der Waals surface area (Å²) in [4.78, 5) is 11.5. The molecule has 0 aliphatic heterocycles. The maximum Gasteiger partial charge on any atom is 0.313 e.